The predicted octanol–water partition coefficient (Wildman–Crippen LogP) is 2.65. The van der Waals surface area contributed by atoms with E-state index in [9.17, 15) is 4.79 Å². The molecule has 0 spiro atoms. The second kappa shape index (κ2) is 8.36. The van der Waals surface area contributed by atoms with Crippen LogP contribution < -0.4 is 5.32 Å². The molecule has 0 aromatic carbocycles. The second-order valence-electron chi connectivity index (χ2n) is 8.33. The Kier molecular flexibility index (Phi) is 6.24. The van der Waals surface area contributed by atoms with E-state index < -0.39 is 11.7 Å². The van der Waals surface area contributed by atoms with Crippen molar-refractivity contribution < 1.29 is 14.1 Å². The topological polar surface area (TPSA) is 109 Å². The van der Waals surface area contributed by atoms with E-state index in [4.69, 9.17) is 14.2 Å². The van der Waals surface area contributed by atoms with Gasteiger partial charge >= 0.3 is 6.09 Å². The van der Waals surface area contributed by atoms with E-state index in [1.807, 2.05) is 25.5 Å². The summed E-state index contributed by atoms with van der Waals surface area (Å²) in [4.78, 5) is 17.0. The number of tetrazole rings is 1. The number of hydrogen-bond acceptors (Lipinski definition) is 7. The minimum atomic E-state index is -0.555. The Hall–Kier alpha value is -2.06. The van der Waals surface area contributed by atoms with Crippen molar-refractivity contribution in [2.45, 2.75) is 71.6 Å². The molecule has 1 N–H and O–H groups in total. The molecule has 0 bridgehead atoms. The maximum absolute atomic E-state index is 12.2. The summed E-state index contributed by atoms with van der Waals surface area (Å²) in [5.41, 5.74) is 1.30. The minimum absolute atomic E-state index is 0.0871. The lowest BCUT2D eigenvalue weighted by atomic mass is 9.94. The van der Waals surface area contributed by atoms with Crippen LogP contribution in [0.4, 0.5) is 4.79 Å². The van der Waals surface area contributed by atoms with Gasteiger partial charge in [-0.2, -0.15) is 0 Å². The number of alkyl carbamates (subject to hydrolysis) is 1. The zero-order valence-corrected chi connectivity index (χ0v) is 19.0. The highest BCUT2D eigenvalue weighted by molar-refractivity contribution is 7.09. The fourth-order valence-corrected chi connectivity index (χ4v) is 3.89. The lowest BCUT2D eigenvalue weighted by molar-refractivity contribution is 0.0515. The number of fused-ring (bicyclic) bond motifs is 3. The molecule has 29 heavy (non-hydrogen) atoms. The summed E-state index contributed by atoms with van der Waals surface area (Å²) in [6.45, 7) is 12.6. The van der Waals surface area contributed by atoms with Crippen molar-refractivity contribution in [3.05, 3.63) is 11.5 Å². The molecule has 3 rings (SSSR count). The Labute approximate surface area is 173 Å². The van der Waals surface area contributed by atoms with Gasteiger partial charge in [0.2, 0.25) is 5.82 Å². The van der Waals surface area contributed by atoms with Crippen LogP contribution in [0.25, 0.3) is 11.5 Å². The fraction of sp³-hybridized carbons (Fsp3) is 0.722. The monoisotopic (exact) mass is 423 g/mol. The molecule has 1 aliphatic rings. The van der Waals surface area contributed by atoms with E-state index in [1.165, 1.54) is 0 Å². The van der Waals surface area contributed by atoms with Crippen LogP contribution in [0, 0.1) is 0 Å². The molecule has 3 unspecified atom stereocenters. The molecule has 1 amide bonds. The maximum atomic E-state index is 12.2. The lowest BCUT2D eigenvalue weighted by Crippen LogP contribution is -2.38. The fourth-order valence-electron chi connectivity index (χ4n) is 3.67. The number of aryl methyl sites for hydroxylation is 1. The van der Waals surface area contributed by atoms with Crippen LogP contribution in [0.3, 0.4) is 0 Å². The quantitative estimate of drug-likeness (QED) is 0.712. The number of amides is 1. The average molecular weight is 423 g/mol. The van der Waals surface area contributed by atoms with Crippen LogP contribution >= 0.6 is 9.47 Å². The van der Waals surface area contributed by atoms with Gasteiger partial charge in [-0.15, -0.1) is 5.10 Å². The molecule has 0 saturated carbocycles. The molecule has 1 aliphatic heterocycles. The van der Waals surface area contributed by atoms with Crippen molar-refractivity contribution in [3.63, 3.8) is 0 Å². The zero-order valence-electron chi connectivity index (χ0n) is 17.8. The molecule has 0 fully saturated rings. The number of aromatic nitrogens is 6. The Balaban J connectivity index is 1.97. The number of imidazole rings is 1. The standard InChI is InChI=1S/C18H30N7O3P/c1-7-13-20-14-15(10(2)11(3)25-16(14)21-22-23-25)24(13)12(9-27-29)8-19-17(26)28-18(4,5)6/h10-12H,7-9,29H2,1-6H3,(H,19,26)/t10?,11?,12-/m0/s1. The molecule has 10 nitrogen and oxygen atoms in total. The van der Waals surface area contributed by atoms with Crippen molar-refractivity contribution in [1.82, 2.24) is 35.1 Å². The number of nitrogens with zero attached hydrogens (tertiary/aromatic N) is 6. The largest absolute Gasteiger partial charge is 0.444 e. The third-order valence-electron chi connectivity index (χ3n) is 5.12. The van der Waals surface area contributed by atoms with Crippen molar-refractivity contribution in [2.75, 3.05) is 13.2 Å². The van der Waals surface area contributed by atoms with Crippen molar-refractivity contribution in [1.29, 1.82) is 0 Å². The third-order valence-corrected chi connectivity index (χ3v) is 5.31. The van der Waals surface area contributed by atoms with Crippen molar-refractivity contribution >= 4 is 15.6 Å². The smallest absolute Gasteiger partial charge is 0.407 e. The first-order valence-corrected chi connectivity index (χ1v) is 10.3. The SMILES string of the molecule is CCc1nc2c(n1[C@@H](CNC(=O)OC(C)(C)C)COP)C(C)C(C)n1nnnc1-2. The highest BCUT2D eigenvalue weighted by atomic mass is 31.0. The van der Waals surface area contributed by atoms with Crippen LogP contribution in [0.2, 0.25) is 0 Å². The number of ether oxygens (including phenoxy) is 1. The summed E-state index contributed by atoms with van der Waals surface area (Å²) < 4.78 is 14.8. The molecule has 0 aliphatic carbocycles. The molecule has 160 valence electrons. The van der Waals surface area contributed by atoms with Gasteiger partial charge in [0.15, 0.2) is 0 Å². The van der Waals surface area contributed by atoms with Crippen LogP contribution in [-0.4, -0.2) is 54.6 Å². The Morgan fingerprint density at radius 3 is 2.69 bits per heavy atom. The summed E-state index contributed by atoms with van der Waals surface area (Å²) in [7, 11) is 2.28. The first-order chi connectivity index (χ1) is 13.7. The van der Waals surface area contributed by atoms with Crippen LogP contribution in [0.5, 0.6) is 0 Å². The number of carbonyl (C=O) groups is 1. The van der Waals surface area contributed by atoms with Gasteiger partial charge in [-0.05, 0) is 38.1 Å². The molecule has 2 aromatic heterocycles. The first-order valence-electron chi connectivity index (χ1n) is 9.85. The molecular weight excluding hydrogens is 393 g/mol. The van der Waals surface area contributed by atoms with E-state index in [2.05, 4.69) is 55.6 Å². The van der Waals surface area contributed by atoms with E-state index >= 15 is 0 Å². The molecule has 4 atom stereocenters. The van der Waals surface area contributed by atoms with Crippen LogP contribution in [0.1, 0.15) is 71.1 Å². The second-order valence-corrected chi connectivity index (χ2v) is 8.67. The number of rotatable bonds is 6. The van der Waals surface area contributed by atoms with Gasteiger partial charge in [0.1, 0.15) is 17.1 Å². The van der Waals surface area contributed by atoms with E-state index in [0.29, 0.717) is 19.0 Å². The van der Waals surface area contributed by atoms with E-state index in [-0.39, 0.29) is 18.0 Å². The van der Waals surface area contributed by atoms with Gasteiger partial charge in [-0.25, -0.2) is 14.5 Å². The highest BCUT2D eigenvalue weighted by Gasteiger charge is 2.37. The van der Waals surface area contributed by atoms with Crippen LogP contribution in [0.15, 0.2) is 0 Å². The average Bonchev–Trinajstić information content (AvgIpc) is 3.26. The molecule has 11 heteroatoms. The normalized spacial score (nSPS) is 19.4. The van der Waals surface area contributed by atoms with Gasteiger partial charge in [0, 0.05) is 28.4 Å². The van der Waals surface area contributed by atoms with Gasteiger partial charge in [-0.3, -0.25) is 0 Å². The van der Waals surface area contributed by atoms with E-state index in [0.717, 1.165) is 23.6 Å². The highest BCUT2D eigenvalue weighted by Crippen LogP contribution is 2.42. The minimum Gasteiger partial charge on any atom is -0.444 e. The Morgan fingerprint density at radius 1 is 1.34 bits per heavy atom. The van der Waals surface area contributed by atoms with Gasteiger partial charge in [0.05, 0.1) is 24.4 Å². The van der Waals surface area contributed by atoms with Gasteiger partial charge in [0.25, 0.3) is 0 Å². The van der Waals surface area contributed by atoms with Gasteiger partial charge < -0.3 is 19.1 Å². The van der Waals surface area contributed by atoms with Crippen molar-refractivity contribution in [2.24, 2.45) is 0 Å². The summed E-state index contributed by atoms with van der Waals surface area (Å²) in [5.74, 6) is 1.72. The molecule has 0 saturated heterocycles. The molecule has 3 heterocycles. The summed E-state index contributed by atoms with van der Waals surface area (Å²) in [6.07, 6.45) is 0.277. The summed E-state index contributed by atoms with van der Waals surface area (Å²) in [6, 6.07) is -0.0626. The summed E-state index contributed by atoms with van der Waals surface area (Å²) in [5, 5.41) is 15.0. The van der Waals surface area contributed by atoms with Crippen LogP contribution in [-0.2, 0) is 15.7 Å². The molecular formula is C18H30N7O3P. The maximum Gasteiger partial charge on any atom is 0.407 e. The van der Waals surface area contributed by atoms with Crippen molar-refractivity contribution in [3.8, 4) is 11.5 Å². The Bertz CT molecular complexity index is 873. The predicted molar refractivity (Wildman–Crippen MR) is 110 cm³/mol. The molecule has 2 aromatic rings. The number of nitrogens with one attached hydrogen (secondary N) is 1. The first kappa shape index (κ1) is 21.6. The van der Waals surface area contributed by atoms with E-state index in [1.54, 1.807) is 0 Å². The zero-order chi connectivity index (χ0) is 21.3. The summed E-state index contributed by atoms with van der Waals surface area (Å²) >= 11 is 0. The Morgan fingerprint density at radius 2 is 2.07 bits per heavy atom. The molecule has 0 radical (unpaired) electrons. The van der Waals surface area contributed by atoms with Gasteiger partial charge in [-0.1, -0.05) is 13.8 Å². The number of hydrogen-bond donors (Lipinski definition) is 1. The lowest BCUT2D eigenvalue weighted by Gasteiger charge is -2.30. The number of carbonyl (C=O) groups excluding carboxylic acids is 1. The third kappa shape index (κ3) is 4.28.